The summed E-state index contributed by atoms with van der Waals surface area (Å²) in [5, 5.41) is 3.28. The van der Waals surface area contributed by atoms with Gasteiger partial charge in [0.05, 0.1) is 18.6 Å². The van der Waals surface area contributed by atoms with Crippen molar-refractivity contribution >= 4 is 21.4 Å². The fourth-order valence-electron chi connectivity index (χ4n) is 2.18. The van der Waals surface area contributed by atoms with E-state index >= 15 is 0 Å². The van der Waals surface area contributed by atoms with Crippen LogP contribution in [0, 0.1) is 13.8 Å². The van der Waals surface area contributed by atoms with Crippen molar-refractivity contribution in [2.45, 2.75) is 27.3 Å². The SMILES string of the molecule is CCS(=O)(=O)Nc1ccc(NCc2cc(C)oc2C)cc1OC. The second-order valence-electron chi connectivity index (χ2n) is 5.21. The molecule has 7 heteroatoms. The average Bonchev–Trinajstić information content (AvgIpc) is 2.83. The maximum atomic E-state index is 11.7. The number of aryl methyl sites for hydroxylation is 2. The number of furan rings is 1. The van der Waals surface area contributed by atoms with E-state index < -0.39 is 10.0 Å². The first-order chi connectivity index (χ1) is 10.8. The first kappa shape index (κ1) is 17.2. The normalized spacial score (nSPS) is 11.3. The highest BCUT2D eigenvalue weighted by Gasteiger charge is 2.12. The van der Waals surface area contributed by atoms with Crippen LogP contribution in [-0.4, -0.2) is 21.3 Å². The molecule has 126 valence electrons. The Labute approximate surface area is 136 Å². The molecule has 0 atom stereocenters. The Morgan fingerprint density at radius 2 is 1.96 bits per heavy atom. The standard InChI is InChI=1S/C16H22N2O4S/c1-5-23(19,20)18-15-7-6-14(9-16(15)21-4)17-10-13-8-11(2)22-12(13)3/h6-9,17-18H,5,10H2,1-4H3. The Balaban J connectivity index is 2.14. The van der Waals surface area contributed by atoms with Crippen molar-refractivity contribution in [1.29, 1.82) is 0 Å². The van der Waals surface area contributed by atoms with Gasteiger partial charge in [-0.3, -0.25) is 4.72 Å². The van der Waals surface area contributed by atoms with Gasteiger partial charge in [0.15, 0.2) is 0 Å². The number of benzene rings is 1. The van der Waals surface area contributed by atoms with Gasteiger partial charge in [-0.05, 0) is 39.0 Å². The quantitative estimate of drug-likeness (QED) is 0.810. The monoisotopic (exact) mass is 338 g/mol. The molecule has 0 aliphatic carbocycles. The molecule has 0 spiro atoms. The Bertz CT molecular complexity index is 781. The lowest BCUT2D eigenvalue weighted by Crippen LogP contribution is -2.15. The smallest absolute Gasteiger partial charge is 0.232 e. The summed E-state index contributed by atoms with van der Waals surface area (Å²) < 4.78 is 36.6. The highest BCUT2D eigenvalue weighted by atomic mass is 32.2. The summed E-state index contributed by atoms with van der Waals surface area (Å²) in [6, 6.07) is 7.24. The van der Waals surface area contributed by atoms with Gasteiger partial charge in [-0.15, -0.1) is 0 Å². The number of ether oxygens (including phenoxy) is 1. The average molecular weight is 338 g/mol. The molecule has 2 rings (SSSR count). The summed E-state index contributed by atoms with van der Waals surface area (Å²) in [6.07, 6.45) is 0. The zero-order valence-corrected chi connectivity index (χ0v) is 14.6. The lowest BCUT2D eigenvalue weighted by molar-refractivity contribution is 0.417. The Hall–Kier alpha value is -2.15. The van der Waals surface area contributed by atoms with E-state index in [-0.39, 0.29) is 5.75 Å². The van der Waals surface area contributed by atoms with Gasteiger partial charge >= 0.3 is 0 Å². The highest BCUT2D eigenvalue weighted by Crippen LogP contribution is 2.29. The van der Waals surface area contributed by atoms with Crippen molar-refractivity contribution in [3.05, 3.63) is 41.3 Å². The fraction of sp³-hybridized carbons (Fsp3) is 0.375. The van der Waals surface area contributed by atoms with E-state index in [1.54, 1.807) is 25.1 Å². The van der Waals surface area contributed by atoms with Gasteiger partial charge in [-0.25, -0.2) is 8.42 Å². The Morgan fingerprint density at radius 1 is 1.22 bits per heavy atom. The molecule has 2 aromatic rings. The molecule has 23 heavy (non-hydrogen) atoms. The molecule has 1 aromatic carbocycles. The summed E-state index contributed by atoms with van der Waals surface area (Å²) in [7, 11) is -1.83. The van der Waals surface area contributed by atoms with Crippen LogP contribution in [-0.2, 0) is 16.6 Å². The Morgan fingerprint density at radius 3 is 2.52 bits per heavy atom. The predicted octanol–water partition coefficient (Wildman–Crippen LogP) is 3.28. The van der Waals surface area contributed by atoms with Crippen LogP contribution >= 0.6 is 0 Å². The van der Waals surface area contributed by atoms with Crippen molar-refractivity contribution in [2.75, 3.05) is 22.9 Å². The number of methoxy groups -OCH3 is 1. The fourth-order valence-corrected chi connectivity index (χ4v) is 2.83. The van der Waals surface area contributed by atoms with Gasteiger partial charge in [0.25, 0.3) is 0 Å². The van der Waals surface area contributed by atoms with E-state index in [1.165, 1.54) is 7.11 Å². The zero-order valence-electron chi connectivity index (χ0n) is 13.8. The maximum absolute atomic E-state index is 11.7. The largest absolute Gasteiger partial charge is 0.494 e. The van der Waals surface area contributed by atoms with Crippen LogP contribution in [0.2, 0.25) is 0 Å². The molecule has 0 aliphatic heterocycles. The second-order valence-corrected chi connectivity index (χ2v) is 7.22. The van der Waals surface area contributed by atoms with E-state index in [0.29, 0.717) is 18.0 Å². The minimum atomic E-state index is -3.34. The molecule has 2 N–H and O–H groups in total. The molecule has 0 saturated carbocycles. The molecule has 0 fully saturated rings. The topological polar surface area (TPSA) is 80.6 Å². The first-order valence-electron chi connectivity index (χ1n) is 7.33. The molecule has 1 aromatic heterocycles. The van der Waals surface area contributed by atoms with Crippen LogP contribution in [0.15, 0.2) is 28.7 Å². The molecule has 0 amide bonds. The van der Waals surface area contributed by atoms with Gasteiger partial charge in [0, 0.05) is 23.9 Å². The number of rotatable bonds is 7. The van der Waals surface area contributed by atoms with Crippen LogP contribution in [0.25, 0.3) is 0 Å². The van der Waals surface area contributed by atoms with Gasteiger partial charge in [0.2, 0.25) is 10.0 Å². The molecule has 1 heterocycles. The van der Waals surface area contributed by atoms with Crippen LogP contribution in [0.4, 0.5) is 11.4 Å². The van der Waals surface area contributed by atoms with Crippen molar-refractivity contribution in [3.63, 3.8) is 0 Å². The van der Waals surface area contributed by atoms with Crippen molar-refractivity contribution < 1.29 is 17.6 Å². The summed E-state index contributed by atoms with van der Waals surface area (Å²) in [5.41, 5.74) is 2.34. The van der Waals surface area contributed by atoms with Crippen molar-refractivity contribution in [2.24, 2.45) is 0 Å². The minimum absolute atomic E-state index is 0.00920. The third-order valence-corrected chi connectivity index (χ3v) is 4.76. The van der Waals surface area contributed by atoms with Gasteiger partial charge < -0.3 is 14.5 Å². The molecule has 0 unspecified atom stereocenters. The van der Waals surface area contributed by atoms with E-state index in [4.69, 9.17) is 9.15 Å². The van der Waals surface area contributed by atoms with E-state index in [1.807, 2.05) is 19.9 Å². The molecule has 0 aliphatic rings. The lowest BCUT2D eigenvalue weighted by Gasteiger charge is -2.13. The van der Waals surface area contributed by atoms with Crippen molar-refractivity contribution in [1.82, 2.24) is 0 Å². The molecular weight excluding hydrogens is 316 g/mol. The number of anilines is 2. The van der Waals surface area contributed by atoms with E-state index in [9.17, 15) is 8.42 Å². The summed E-state index contributed by atoms with van der Waals surface area (Å²) in [4.78, 5) is 0. The number of hydrogen-bond acceptors (Lipinski definition) is 5. The molecule has 0 saturated heterocycles. The van der Waals surface area contributed by atoms with Gasteiger partial charge in [0.1, 0.15) is 17.3 Å². The van der Waals surface area contributed by atoms with Crippen molar-refractivity contribution in [3.8, 4) is 5.75 Å². The number of sulfonamides is 1. The number of hydrogen-bond donors (Lipinski definition) is 2. The highest BCUT2D eigenvalue weighted by molar-refractivity contribution is 7.92. The molecule has 6 nitrogen and oxygen atoms in total. The predicted molar refractivity (Wildman–Crippen MR) is 91.6 cm³/mol. The summed E-state index contributed by atoms with van der Waals surface area (Å²) in [5.74, 6) is 2.23. The third-order valence-electron chi connectivity index (χ3n) is 3.47. The number of nitrogens with one attached hydrogen (secondary N) is 2. The van der Waals surface area contributed by atoms with Crippen LogP contribution in [0.5, 0.6) is 5.75 Å². The van der Waals surface area contributed by atoms with Crippen LogP contribution in [0.1, 0.15) is 24.0 Å². The van der Waals surface area contributed by atoms with E-state index in [0.717, 1.165) is 22.8 Å². The van der Waals surface area contributed by atoms with Crippen LogP contribution in [0.3, 0.4) is 0 Å². The van der Waals surface area contributed by atoms with Gasteiger partial charge in [-0.2, -0.15) is 0 Å². The Kier molecular flexibility index (Phi) is 5.20. The molecule has 0 bridgehead atoms. The van der Waals surface area contributed by atoms with Gasteiger partial charge in [-0.1, -0.05) is 0 Å². The summed E-state index contributed by atoms with van der Waals surface area (Å²) >= 11 is 0. The second kappa shape index (κ2) is 6.95. The molecular formula is C16H22N2O4S. The minimum Gasteiger partial charge on any atom is -0.494 e. The molecule has 0 radical (unpaired) electrons. The third kappa shape index (κ3) is 4.41. The van der Waals surface area contributed by atoms with E-state index in [2.05, 4.69) is 10.0 Å². The first-order valence-corrected chi connectivity index (χ1v) is 8.98. The lowest BCUT2D eigenvalue weighted by atomic mass is 10.2. The maximum Gasteiger partial charge on any atom is 0.232 e. The summed E-state index contributed by atoms with van der Waals surface area (Å²) in [6.45, 7) is 6.04. The van der Waals surface area contributed by atoms with Crippen LogP contribution < -0.4 is 14.8 Å². The zero-order chi connectivity index (χ0) is 17.0.